The van der Waals surface area contributed by atoms with Crippen LogP contribution in [0.5, 0.6) is 0 Å². The van der Waals surface area contributed by atoms with Gasteiger partial charge >= 0.3 is 5.97 Å². The molecule has 0 N–H and O–H groups in total. The van der Waals surface area contributed by atoms with E-state index in [1.807, 2.05) is 0 Å². The van der Waals surface area contributed by atoms with Crippen LogP contribution in [-0.4, -0.2) is 18.1 Å². The molecule has 0 saturated heterocycles. The molecular weight excluding hydrogens is 175 g/mol. The maximum Gasteiger partial charge on any atom is 0.356 e. The lowest BCUT2D eigenvalue weighted by atomic mass is 10.3. The maximum absolute atomic E-state index is 12.7. The SMILES string of the molecule is COC(=O)c1ccc(F)c(C#N)n1. The topological polar surface area (TPSA) is 63.0 Å². The van der Waals surface area contributed by atoms with Gasteiger partial charge in [-0.1, -0.05) is 0 Å². The van der Waals surface area contributed by atoms with Crippen LogP contribution in [0.15, 0.2) is 12.1 Å². The molecule has 0 aliphatic carbocycles. The van der Waals surface area contributed by atoms with Gasteiger partial charge in [0.2, 0.25) is 0 Å². The van der Waals surface area contributed by atoms with Gasteiger partial charge in [0.25, 0.3) is 0 Å². The number of methoxy groups -OCH3 is 1. The van der Waals surface area contributed by atoms with Crippen molar-refractivity contribution in [1.29, 1.82) is 5.26 Å². The highest BCUT2D eigenvalue weighted by Gasteiger charge is 2.10. The lowest BCUT2D eigenvalue weighted by molar-refractivity contribution is 0.0594. The van der Waals surface area contributed by atoms with Gasteiger partial charge in [0.15, 0.2) is 11.5 Å². The van der Waals surface area contributed by atoms with Gasteiger partial charge in [-0.15, -0.1) is 0 Å². The Hall–Kier alpha value is -1.96. The van der Waals surface area contributed by atoms with Crippen molar-refractivity contribution in [3.05, 3.63) is 29.3 Å². The van der Waals surface area contributed by atoms with Crippen LogP contribution < -0.4 is 0 Å². The fourth-order valence-corrected chi connectivity index (χ4v) is 0.739. The van der Waals surface area contributed by atoms with E-state index in [0.29, 0.717) is 0 Å². The predicted molar refractivity (Wildman–Crippen MR) is 40.2 cm³/mol. The first kappa shape index (κ1) is 9.13. The van der Waals surface area contributed by atoms with Crippen molar-refractivity contribution in [2.24, 2.45) is 0 Å². The number of hydrogen-bond donors (Lipinski definition) is 0. The minimum atomic E-state index is -0.754. The smallest absolute Gasteiger partial charge is 0.356 e. The number of ether oxygens (including phenoxy) is 1. The number of halogens is 1. The molecule has 4 nitrogen and oxygen atoms in total. The number of rotatable bonds is 1. The van der Waals surface area contributed by atoms with E-state index in [0.717, 1.165) is 12.1 Å². The Morgan fingerprint density at radius 1 is 1.69 bits per heavy atom. The molecule has 0 aliphatic heterocycles. The summed E-state index contributed by atoms with van der Waals surface area (Å²) < 4.78 is 17.0. The van der Waals surface area contributed by atoms with E-state index >= 15 is 0 Å². The van der Waals surface area contributed by atoms with Crippen LogP contribution in [0.2, 0.25) is 0 Å². The van der Waals surface area contributed by atoms with E-state index in [9.17, 15) is 9.18 Å². The average Bonchev–Trinajstić information content (AvgIpc) is 2.17. The molecule has 0 fully saturated rings. The average molecular weight is 180 g/mol. The Labute approximate surface area is 73.6 Å². The second kappa shape index (κ2) is 3.63. The van der Waals surface area contributed by atoms with E-state index < -0.39 is 17.5 Å². The molecule has 0 saturated carbocycles. The van der Waals surface area contributed by atoms with Gasteiger partial charge in [-0.25, -0.2) is 14.2 Å². The minimum absolute atomic E-state index is 0.0829. The summed E-state index contributed by atoms with van der Waals surface area (Å²) in [6.07, 6.45) is 0. The summed E-state index contributed by atoms with van der Waals surface area (Å²) in [5.74, 6) is -1.45. The lowest BCUT2D eigenvalue weighted by Crippen LogP contribution is -2.06. The monoisotopic (exact) mass is 180 g/mol. The first-order valence-electron chi connectivity index (χ1n) is 3.34. The lowest BCUT2D eigenvalue weighted by Gasteiger charge is -1.98. The summed E-state index contributed by atoms with van der Waals surface area (Å²) in [6.45, 7) is 0. The quantitative estimate of drug-likeness (QED) is 0.602. The molecule has 66 valence electrons. The van der Waals surface area contributed by atoms with Crippen LogP contribution in [0.3, 0.4) is 0 Å². The standard InChI is InChI=1S/C8H5FN2O2/c1-13-8(12)6-3-2-5(9)7(4-10)11-6/h2-3H,1H3. The molecule has 0 atom stereocenters. The second-order valence-electron chi connectivity index (χ2n) is 2.13. The first-order chi connectivity index (χ1) is 6.19. The number of carbonyl (C=O) groups excluding carboxylic acids is 1. The Kier molecular flexibility index (Phi) is 2.55. The van der Waals surface area contributed by atoms with Crippen molar-refractivity contribution in [3.63, 3.8) is 0 Å². The molecule has 0 unspecified atom stereocenters. The number of pyridine rings is 1. The third-order valence-corrected chi connectivity index (χ3v) is 1.35. The van der Waals surface area contributed by atoms with Gasteiger partial charge in [0, 0.05) is 0 Å². The van der Waals surface area contributed by atoms with Crippen LogP contribution >= 0.6 is 0 Å². The Morgan fingerprint density at radius 3 is 2.92 bits per heavy atom. The number of carbonyl (C=O) groups is 1. The summed E-state index contributed by atoms with van der Waals surface area (Å²) >= 11 is 0. The fourth-order valence-electron chi connectivity index (χ4n) is 0.739. The summed E-state index contributed by atoms with van der Waals surface area (Å²) in [5.41, 5.74) is -0.497. The first-order valence-corrected chi connectivity index (χ1v) is 3.34. The molecule has 0 aliphatic rings. The van der Waals surface area contributed by atoms with Crippen molar-refractivity contribution >= 4 is 5.97 Å². The minimum Gasteiger partial charge on any atom is -0.464 e. The van der Waals surface area contributed by atoms with Gasteiger partial charge in [-0.05, 0) is 12.1 Å². The van der Waals surface area contributed by atoms with E-state index in [1.54, 1.807) is 0 Å². The molecule has 1 aromatic heterocycles. The molecule has 5 heteroatoms. The van der Waals surface area contributed by atoms with Crippen LogP contribution in [0.25, 0.3) is 0 Å². The molecule has 1 rings (SSSR count). The molecule has 0 bridgehead atoms. The third-order valence-electron chi connectivity index (χ3n) is 1.35. The molecule has 1 heterocycles. The fraction of sp³-hybridized carbons (Fsp3) is 0.125. The van der Waals surface area contributed by atoms with Crippen LogP contribution in [0, 0.1) is 17.1 Å². The van der Waals surface area contributed by atoms with Gasteiger partial charge in [0.05, 0.1) is 7.11 Å². The normalized spacial score (nSPS) is 9.00. The van der Waals surface area contributed by atoms with E-state index in [2.05, 4.69) is 9.72 Å². The molecule has 0 aromatic carbocycles. The van der Waals surface area contributed by atoms with Crippen molar-refractivity contribution in [2.45, 2.75) is 0 Å². The second-order valence-corrected chi connectivity index (χ2v) is 2.13. The molecule has 13 heavy (non-hydrogen) atoms. The molecule has 0 spiro atoms. The highest BCUT2D eigenvalue weighted by Crippen LogP contribution is 2.05. The zero-order chi connectivity index (χ0) is 9.84. The summed E-state index contributed by atoms with van der Waals surface area (Å²) in [4.78, 5) is 14.3. The number of hydrogen-bond acceptors (Lipinski definition) is 4. The van der Waals surface area contributed by atoms with Crippen molar-refractivity contribution < 1.29 is 13.9 Å². The number of esters is 1. The van der Waals surface area contributed by atoms with Gasteiger partial charge < -0.3 is 4.74 Å². The van der Waals surface area contributed by atoms with Crippen molar-refractivity contribution in [2.75, 3.05) is 7.11 Å². The predicted octanol–water partition coefficient (Wildman–Crippen LogP) is 0.879. The zero-order valence-electron chi connectivity index (χ0n) is 6.74. The Balaban J connectivity index is 3.15. The third kappa shape index (κ3) is 1.79. The van der Waals surface area contributed by atoms with Gasteiger partial charge in [0.1, 0.15) is 11.8 Å². The van der Waals surface area contributed by atoms with Gasteiger partial charge in [-0.3, -0.25) is 0 Å². The molecule has 1 aromatic rings. The number of aromatic nitrogens is 1. The van der Waals surface area contributed by atoms with E-state index in [1.165, 1.54) is 13.2 Å². The molecule has 0 radical (unpaired) electrons. The van der Waals surface area contributed by atoms with Crippen LogP contribution in [0.4, 0.5) is 4.39 Å². The van der Waals surface area contributed by atoms with Crippen molar-refractivity contribution in [1.82, 2.24) is 4.98 Å². The highest BCUT2D eigenvalue weighted by molar-refractivity contribution is 5.87. The zero-order valence-corrected chi connectivity index (χ0v) is 6.74. The Morgan fingerprint density at radius 2 is 2.38 bits per heavy atom. The maximum atomic E-state index is 12.7. The summed E-state index contributed by atoms with van der Waals surface area (Å²) in [5, 5.41) is 8.39. The molecular formula is C8H5FN2O2. The number of nitriles is 1. The summed E-state index contributed by atoms with van der Waals surface area (Å²) in [6, 6.07) is 3.67. The van der Waals surface area contributed by atoms with Crippen molar-refractivity contribution in [3.8, 4) is 6.07 Å². The summed E-state index contributed by atoms with van der Waals surface area (Å²) in [7, 11) is 1.18. The van der Waals surface area contributed by atoms with Crippen LogP contribution in [-0.2, 0) is 4.74 Å². The number of nitrogens with zero attached hydrogens (tertiary/aromatic N) is 2. The Bertz CT molecular complexity index is 384. The van der Waals surface area contributed by atoms with E-state index in [4.69, 9.17) is 5.26 Å². The van der Waals surface area contributed by atoms with E-state index in [-0.39, 0.29) is 5.69 Å². The van der Waals surface area contributed by atoms with Crippen LogP contribution in [0.1, 0.15) is 16.2 Å². The largest absolute Gasteiger partial charge is 0.464 e. The molecule has 0 amide bonds. The van der Waals surface area contributed by atoms with Gasteiger partial charge in [-0.2, -0.15) is 5.26 Å². The highest BCUT2D eigenvalue weighted by atomic mass is 19.1.